The maximum absolute atomic E-state index is 13.2. The molecule has 1 aliphatic heterocycles. The van der Waals surface area contributed by atoms with Crippen LogP contribution in [0.5, 0.6) is 0 Å². The first-order valence-corrected chi connectivity index (χ1v) is 12.2. The standard InChI is InChI=1S/C24H46N6O/c1-18-16-27-23(3,4)22(31)29(17-18)14-15-30(20-12-10-8-7-9-11-13-20)24(5,6)21(26)28-19(2)25/h18,20,27H,7-17H2,1-6H3,(H3,25,26,28). The third-order valence-corrected chi connectivity index (χ3v) is 6.96. The molecule has 1 saturated heterocycles. The number of hydrogen-bond acceptors (Lipinski definition) is 4. The SMILES string of the molecule is C/C(N)=N/C(=N)C(C)(C)N(CCN1CC(C)CNC(C)(C)C1=O)C1CCCCCCC1. The number of carbonyl (C=O) groups excluding carboxylic acids is 1. The number of rotatable bonds is 6. The van der Waals surface area contributed by atoms with Gasteiger partial charge in [0.2, 0.25) is 5.91 Å². The monoisotopic (exact) mass is 434 g/mol. The minimum Gasteiger partial charge on any atom is -0.387 e. The summed E-state index contributed by atoms with van der Waals surface area (Å²) in [7, 11) is 0. The molecule has 1 atom stereocenters. The molecule has 0 aromatic carbocycles. The Balaban J connectivity index is 2.26. The van der Waals surface area contributed by atoms with Gasteiger partial charge in [0.1, 0.15) is 5.84 Å². The average molecular weight is 435 g/mol. The number of amidine groups is 2. The lowest BCUT2D eigenvalue weighted by molar-refractivity contribution is -0.136. The predicted molar refractivity (Wildman–Crippen MR) is 130 cm³/mol. The van der Waals surface area contributed by atoms with Gasteiger partial charge in [-0.05, 0) is 53.4 Å². The molecule has 0 spiro atoms. The Morgan fingerprint density at radius 1 is 1.26 bits per heavy atom. The van der Waals surface area contributed by atoms with Crippen molar-refractivity contribution in [2.24, 2.45) is 16.6 Å². The van der Waals surface area contributed by atoms with Gasteiger partial charge in [0.15, 0.2) is 0 Å². The summed E-state index contributed by atoms with van der Waals surface area (Å²) in [4.78, 5) is 22.0. The number of nitrogens with two attached hydrogens (primary N) is 1. The third-order valence-electron chi connectivity index (χ3n) is 6.96. The summed E-state index contributed by atoms with van der Waals surface area (Å²) in [6.07, 6.45) is 8.61. The van der Waals surface area contributed by atoms with Crippen molar-refractivity contribution < 1.29 is 4.79 Å². The number of aliphatic imine (C=N–C) groups is 1. The number of nitrogens with zero attached hydrogens (tertiary/aromatic N) is 3. The highest BCUT2D eigenvalue weighted by Gasteiger charge is 2.39. The largest absolute Gasteiger partial charge is 0.387 e. The highest BCUT2D eigenvalue weighted by Crippen LogP contribution is 2.29. The lowest BCUT2D eigenvalue weighted by atomic mass is 9.90. The fourth-order valence-electron chi connectivity index (χ4n) is 4.96. The average Bonchev–Trinajstić information content (AvgIpc) is 2.74. The lowest BCUT2D eigenvalue weighted by Gasteiger charge is -2.45. The summed E-state index contributed by atoms with van der Waals surface area (Å²) in [6, 6.07) is 0.398. The van der Waals surface area contributed by atoms with Crippen molar-refractivity contribution in [1.82, 2.24) is 15.1 Å². The second kappa shape index (κ2) is 10.9. The number of carbonyl (C=O) groups is 1. The van der Waals surface area contributed by atoms with Crippen LogP contribution in [0.4, 0.5) is 0 Å². The van der Waals surface area contributed by atoms with E-state index in [-0.39, 0.29) is 5.91 Å². The quantitative estimate of drug-likeness (QED) is 0.441. The van der Waals surface area contributed by atoms with Crippen LogP contribution in [0.3, 0.4) is 0 Å². The van der Waals surface area contributed by atoms with Gasteiger partial charge in [-0.15, -0.1) is 0 Å². The van der Waals surface area contributed by atoms with Gasteiger partial charge in [0.25, 0.3) is 0 Å². The summed E-state index contributed by atoms with van der Waals surface area (Å²) >= 11 is 0. The minimum atomic E-state index is -0.543. The normalized spacial score (nSPS) is 24.6. The van der Waals surface area contributed by atoms with Crippen LogP contribution >= 0.6 is 0 Å². The van der Waals surface area contributed by atoms with E-state index >= 15 is 0 Å². The zero-order valence-corrected chi connectivity index (χ0v) is 20.8. The van der Waals surface area contributed by atoms with Crippen molar-refractivity contribution in [1.29, 1.82) is 5.41 Å². The smallest absolute Gasteiger partial charge is 0.242 e. The number of nitrogens with one attached hydrogen (secondary N) is 2. The van der Waals surface area contributed by atoms with Gasteiger partial charge < -0.3 is 16.0 Å². The number of hydrogen-bond donors (Lipinski definition) is 3. The fraction of sp³-hybridized carbons (Fsp3) is 0.875. The molecule has 1 amide bonds. The topological polar surface area (TPSA) is 97.8 Å². The molecule has 7 nitrogen and oxygen atoms in total. The molecular formula is C24H46N6O. The summed E-state index contributed by atoms with van der Waals surface area (Å²) in [6.45, 7) is 15.1. The van der Waals surface area contributed by atoms with Crippen molar-refractivity contribution in [3.63, 3.8) is 0 Å². The first-order valence-electron chi connectivity index (χ1n) is 12.2. The molecule has 1 heterocycles. The van der Waals surface area contributed by atoms with E-state index in [4.69, 9.17) is 11.1 Å². The zero-order chi connectivity index (χ0) is 23.2. The molecule has 2 fully saturated rings. The summed E-state index contributed by atoms with van der Waals surface area (Å²) < 4.78 is 0. The van der Waals surface area contributed by atoms with E-state index in [1.807, 2.05) is 18.7 Å². The Morgan fingerprint density at radius 2 is 1.84 bits per heavy atom. The van der Waals surface area contributed by atoms with E-state index in [1.54, 1.807) is 6.92 Å². The Hall–Kier alpha value is -1.47. The van der Waals surface area contributed by atoms with Gasteiger partial charge in [-0.3, -0.25) is 15.1 Å². The van der Waals surface area contributed by atoms with E-state index < -0.39 is 11.1 Å². The molecule has 2 aliphatic rings. The molecule has 0 aromatic rings. The van der Waals surface area contributed by atoms with E-state index in [0.29, 0.717) is 30.2 Å². The highest BCUT2D eigenvalue weighted by molar-refractivity contribution is 5.98. The van der Waals surface area contributed by atoms with Crippen molar-refractivity contribution in [3.8, 4) is 0 Å². The maximum Gasteiger partial charge on any atom is 0.242 e. The molecule has 4 N–H and O–H groups in total. The van der Waals surface area contributed by atoms with Gasteiger partial charge in [0.05, 0.1) is 16.9 Å². The minimum absolute atomic E-state index is 0.165. The molecule has 178 valence electrons. The number of amides is 1. The van der Waals surface area contributed by atoms with Crippen LogP contribution in [0.1, 0.15) is 86.5 Å². The van der Waals surface area contributed by atoms with Gasteiger partial charge in [-0.25, -0.2) is 4.99 Å². The van der Waals surface area contributed by atoms with Gasteiger partial charge >= 0.3 is 0 Å². The molecule has 7 heteroatoms. The molecule has 1 saturated carbocycles. The molecule has 2 rings (SSSR count). The van der Waals surface area contributed by atoms with Crippen LogP contribution in [0.2, 0.25) is 0 Å². The van der Waals surface area contributed by atoms with E-state index in [9.17, 15) is 4.79 Å². The van der Waals surface area contributed by atoms with E-state index in [1.165, 1.54) is 32.1 Å². The molecule has 0 bridgehead atoms. The van der Waals surface area contributed by atoms with E-state index in [2.05, 4.69) is 36.0 Å². The third kappa shape index (κ3) is 7.01. The summed E-state index contributed by atoms with van der Waals surface area (Å²) in [5.41, 5.74) is 4.73. The van der Waals surface area contributed by atoms with Crippen LogP contribution in [-0.4, -0.2) is 70.7 Å². The van der Waals surface area contributed by atoms with Crippen LogP contribution in [0.15, 0.2) is 4.99 Å². The van der Waals surface area contributed by atoms with E-state index in [0.717, 1.165) is 32.5 Å². The molecule has 0 radical (unpaired) electrons. The first kappa shape index (κ1) is 25.8. The van der Waals surface area contributed by atoms with Crippen LogP contribution in [0, 0.1) is 11.3 Å². The van der Waals surface area contributed by atoms with Gasteiger partial charge in [-0.2, -0.15) is 0 Å². The van der Waals surface area contributed by atoms with Crippen molar-refractivity contribution in [2.75, 3.05) is 26.2 Å². The second-order valence-electron chi connectivity index (χ2n) is 10.7. The highest BCUT2D eigenvalue weighted by atomic mass is 16.2. The Bertz CT molecular complexity index is 644. The molecule has 0 aromatic heterocycles. The maximum atomic E-state index is 13.2. The zero-order valence-electron chi connectivity index (χ0n) is 20.8. The summed E-state index contributed by atoms with van der Waals surface area (Å²) in [5, 5.41) is 12.1. The summed E-state index contributed by atoms with van der Waals surface area (Å²) in [5.74, 6) is 1.29. The van der Waals surface area contributed by atoms with Gasteiger partial charge in [0, 0.05) is 32.2 Å². The van der Waals surface area contributed by atoms with Crippen molar-refractivity contribution in [2.45, 2.75) is 104 Å². The van der Waals surface area contributed by atoms with Crippen molar-refractivity contribution >= 4 is 17.6 Å². The molecular weight excluding hydrogens is 388 g/mol. The van der Waals surface area contributed by atoms with Crippen LogP contribution in [-0.2, 0) is 4.79 Å². The van der Waals surface area contributed by atoms with Crippen LogP contribution in [0.25, 0.3) is 0 Å². The Labute approximate surface area is 189 Å². The van der Waals surface area contributed by atoms with Crippen LogP contribution < -0.4 is 11.1 Å². The fourth-order valence-corrected chi connectivity index (χ4v) is 4.96. The van der Waals surface area contributed by atoms with Crippen molar-refractivity contribution in [3.05, 3.63) is 0 Å². The Morgan fingerprint density at radius 3 is 2.42 bits per heavy atom. The molecule has 1 aliphatic carbocycles. The second-order valence-corrected chi connectivity index (χ2v) is 10.7. The molecule has 31 heavy (non-hydrogen) atoms. The molecule has 1 unspecified atom stereocenters. The predicted octanol–water partition coefficient (Wildman–Crippen LogP) is 3.38. The lowest BCUT2D eigenvalue weighted by Crippen LogP contribution is -2.58. The first-order chi connectivity index (χ1) is 14.4. The Kier molecular flexibility index (Phi) is 9.07. The van der Waals surface area contributed by atoms with Gasteiger partial charge in [-0.1, -0.05) is 39.0 Å².